The Kier molecular flexibility index (Phi) is 4.53. The Balaban J connectivity index is 2.44. The summed E-state index contributed by atoms with van der Waals surface area (Å²) in [5.74, 6) is 0.784. The van der Waals surface area contributed by atoms with Crippen molar-refractivity contribution in [1.29, 1.82) is 5.26 Å². The van der Waals surface area contributed by atoms with Crippen LogP contribution < -0.4 is 9.47 Å². The molecule has 0 saturated carbocycles. The van der Waals surface area contributed by atoms with Crippen LogP contribution in [0.25, 0.3) is 6.08 Å². The molecule has 0 unspecified atom stereocenters. The molecule has 0 fully saturated rings. The highest BCUT2D eigenvalue weighted by atomic mass is 32.2. The molecule has 0 radical (unpaired) electrons. The second-order valence-electron chi connectivity index (χ2n) is 4.26. The van der Waals surface area contributed by atoms with Gasteiger partial charge in [-0.15, -0.1) is 0 Å². The second kappa shape index (κ2) is 6.37. The van der Waals surface area contributed by atoms with Crippen molar-refractivity contribution in [3.8, 4) is 17.6 Å². The van der Waals surface area contributed by atoms with Gasteiger partial charge in [-0.25, -0.2) is 12.4 Å². The Morgan fingerprint density at radius 3 is 2.55 bits per heavy atom. The van der Waals surface area contributed by atoms with E-state index in [0.717, 1.165) is 3.97 Å². The number of hydrogen-bond acceptors (Lipinski definition) is 5. The number of allylic oxidation sites excluding steroid dienone is 1. The topological polar surface area (TPSA) is 81.3 Å². The van der Waals surface area contributed by atoms with Gasteiger partial charge in [0.2, 0.25) is 0 Å². The fraction of sp³-hybridized carbons (Fsp3) is 0.133. The van der Waals surface area contributed by atoms with E-state index < -0.39 is 10.0 Å². The summed E-state index contributed by atoms with van der Waals surface area (Å²) >= 11 is 0. The van der Waals surface area contributed by atoms with E-state index in [2.05, 4.69) is 0 Å². The SMILES string of the molecule is COc1ccc(S(=O)(=O)n2ccc(/C=C/C#N)c2)cc1OC. The zero-order chi connectivity index (χ0) is 16.2. The van der Waals surface area contributed by atoms with Crippen molar-refractivity contribution in [3.05, 3.63) is 48.3 Å². The first-order valence-corrected chi connectivity index (χ1v) is 7.68. The Morgan fingerprint density at radius 2 is 1.91 bits per heavy atom. The lowest BCUT2D eigenvalue weighted by atomic mass is 10.3. The van der Waals surface area contributed by atoms with E-state index >= 15 is 0 Å². The fourth-order valence-electron chi connectivity index (χ4n) is 1.87. The van der Waals surface area contributed by atoms with E-state index in [1.54, 1.807) is 6.07 Å². The second-order valence-corrected chi connectivity index (χ2v) is 6.10. The van der Waals surface area contributed by atoms with E-state index in [1.807, 2.05) is 6.07 Å². The van der Waals surface area contributed by atoms with Gasteiger partial charge < -0.3 is 9.47 Å². The van der Waals surface area contributed by atoms with Crippen LogP contribution in [0.15, 0.2) is 47.6 Å². The van der Waals surface area contributed by atoms with E-state index in [0.29, 0.717) is 17.1 Å². The predicted molar refractivity (Wildman–Crippen MR) is 81.2 cm³/mol. The minimum Gasteiger partial charge on any atom is -0.493 e. The first kappa shape index (κ1) is 15.7. The van der Waals surface area contributed by atoms with Crippen molar-refractivity contribution < 1.29 is 17.9 Å². The number of nitrogens with zero attached hydrogens (tertiary/aromatic N) is 2. The van der Waals surface area contributed by atoms with Crippen molar-refractivity contribution in [2.75, 3.05) is 14.2 Å². The molecule has 0 atom stereocenters. The van der Waals surface area contributed by atoms with E-state index in [9.17, 15) is 8.42 Å². The summed E-state index contributed by atoms with van der Waals surface area (Å²) in [4.78, 5) is 0.0802. The third kappa shape index (κ3) is 2.97. The lowest BCUT2D eigenvalue weighted by molar-refractivity contribution is 0.354. The number of rotatable bonds is 5. The van der Waals surface area contributed by atoms with Crippen molar-refractivity contribution in [3.63, 3.8) is 0 Å². The molecule has 0 amide bonds. The highest BCUT2D eigenvalue weighted by Gasteiger charge is 2.19. The summed E-state index contributed by atoms with van der Waals surface area (Å²) in [6, 6.07) is 7.84. The molecule has 0 aliphatic heterocycles. The van der Waals surface area contributed by atoms with Crippen LogP contribution in [0.4, 0.5) is 0 Å². The minimum atomic E-state index is -3.74. The molecule has 0 spiro atoms. The molecule has 0 N–H and O–H groups in total. The maximum Gasteiger partial charge on any atom is 0.267 e. The molecule has 1 heterocycles. The molecule has 1 aromatic heterocycles. The van der Waals surface area contributed by atoms with Crippen LogP contribution in [0.1, 0.15) is 5.56 Å². The smallest absolute Gasteiger partial charge is 0.267 e. The molecule has 0 aliphatic rings. The molecule has 2 rings (SSSR count). The number of nitriles is 1. The number of methoxy groups -OCH3 is 2. The van der Waals surface area contributed by atoms with Gasteiger partial charge in [-0.2, -0.15) is 5.26 Å². The number of hydrogen-bond donors (Lipinski definition) is 0. The molecule has 114 valence electrons. The normalized spacial score (nSPS) is 11.3. The molecule has 22 heavy (non-hydrogen) atoms. The highest BCUT2D eigenvalue weighted by Crippen LogP contribution is 2.30. The van der Waals surface area contributed by atoms with Crippen LogP contribution in [0.2, 0.25) is 0 Å². The van der Waals surface area contributed by atoms with E-state index in [-0.39, 0.29) is 4.90 Å². The maximum atomic E-state index is 12.6. The summed E-state index contributed by atoms with van der Waals surface area (Å²) in [7, 11) is -0.819. The highest BCUT2D eigenvalue weighted by molar-refractivity contribution is 7.90. The average Bonchev–Trinajstić information content (AvgIpc) is 3.01. The van der Waals surface area contributed by atoms with Crippen LogP contribution in [0.5, 0.6) is 11.5 Å². The summed E-state index contributed by atoms with van der Waals surface area (Å²) in [5, 5.41) is 8.49. The molecular weight excluding hydrogens is 304 g/mol. The van der Waals surface area contributed by atoms with Crippen LogP contribution in [-0.4, -0.2) is 26.6 Å². The van der Waals surface area contributed by atoms with Gasteiger partial charge in [0.15, 0.2) is 11.5 Å². The largest absolute Gasteiger partial charge is 0.493 e. The van der Waals surface area contributed by atoms with E-state index in [4.69, 9.17) is 14.7 Å². The third-order valence-electron chi connectivity index (χ3n) is 2.97. The van der Waals surface area contributed by atoms with Crippen LogP contribution in [0.3, 0.4) is 0 Å². The lowest BCUT2D eigenvalue weighted by Crippen LogP contribution is -2.11. The van der Waals surface area contributed by atoms with Gasteiger partial charge in [0.1, 0.15) is 0 Å². The van der Waals surface area contributed by atoms with Gasteiger partial charge >= 0.3 is 0 Å². The Hall–Kier alpha value is -2.72. The average molecular weight is 318 g/mol. The molecule has 0 bridgehead atoms. The van der Waals surface area contributed by atoms with Gasteiger partial charge in [-0.3, -0.25) is 0 Å². The van der Waals surface area contributed by atoms with Crippen LogP contribution >= 0.6 is 0 Å². The van der Waals surface area contributed by atoms with Crippen molar-refractivity contribution in [1.82, 2.24) is 3.97 Å². The first-order valence-electron chi connectivity index (χ1n) is 6.24. The Bertz CT molecular complexity index is 845. The third-order valence-corrected chi connectivity index (χ3v) is 4.60. The number of aromatic nitrogens is 1. The van der Waals surface area contributed by atoms with Crippen LogP contribution in [-0.2, 0) is 10.0 Å². The molecule has 0 saturated heterocycles. The zero-order valence-corrected chi connectivity index (χ0v) is 12.9. The fourth-order valence-corrected chi connectivity index (χ4v) is 3.09. The molecule has 0 aliphatic carbocycles. The molecular formula is C15H14N2O4S. The Labute approximate surface area is 128 Å². The summed E-state index contributed by atoms with van der Waals surface area (Å²) < 4.78 is 36.4. The lowest BCUT2D eigenvalue weighted by Gasteiger charge is -2.10. The molecule has 1 aromatic carbocycles. The standard InChI is InChI=1S/C15H14N2O4S/c1-20-14-6-5-13(10-15(14)21-2)22(18,19)17-9-7-12(11-17)4-3-8-16/h3-7,9-11H,1-2H3/b4-3+. The molecule has 2 aromatic rings. The van der Waals surface area contributed by atoms with Crippen molar-refractivity contribution >= 4 is 16.1 Å². The molecule has 7 heteroatoms. The quantitative estimate of drug-likeness (QED) is 0.790. The Morgan fingerprint density at radius 1 is 1.18 bits per heavy atom. The predicted octanol–water partition coefficient (Wildman–Crippen LogP) is 2.28. The summed E-state index contributed by atoms with van der Waals surface area (Å²) in [6.45, 7) is 0. The minimum absolute atomic E-state index is 0.0802. The maximum absolute atomic E-state index is 12.6. The zero-order valence-electron chi connectivity index (χ0n) is 12.1. The van der Waals surface area contributed by atoms with Gasteiger partial charge in [0, 0.05) is 24.5 Å². The number of benzene rings is 1. The van der Waals surface area contributed by atoms with Crippen molar-refractivity contribution in [2.24, 2.45) is 0 Å². The monoisotopic (exact) mass is 318 g/mol. The van der Waals surface area contributed by atoms with Crippen molar-refractivity contribution in [2.45, 2.75) is 4.90 Å². The van der Waals surface area contributed by atoms with Gasteiger partial charge in [-0.1, -0.05) is 0 Å². The number of ether oxygens (including phenoxy) is 2. The summed E-state index contributed by atoms with van der Waals surface area (Å²) in [6.07, 6.45) is 5.66. The van der Waals surface area contributed by atoms with E-state index in [1.165, 1.54) is 57.0 Å². The van der Waals surface area contributed by atoms with Crippen LogP contribution in [0, 0.1) is 11.3 Å². The van der Waals surface area contributed by atoms with Gasteiger partial charge in [0.25, 0.3) is 10.0 Å². The first-order chi connectivity index (χ1) is 10.5. The van der Waals surface area contributed by atoms with Gasteiger partial charge in [0.05, 0.1) is 25.2 Å². The molecule has 6 nitrogen and oxygen atoms in total. The summed E-state index contributed by atoms with van der Waals surface area (Å²) in [5.41, 5.74) is 0.616. The van der Waals surface area contributed by atoms with Gasteiger partial charge in [-0.05, 0) is 29.8 Å².